The third-order valence-corrected chi connectivity index (χ3v) is 3.79. The molecule has 1 heterocycles. The Hall–Kier alpha value is -1.77. The van der Waals surface area contributed by atoms with Gasteiger partial charge in [0.15, 0.2) is 0 Å². The van der Waals surface area contributed by atoms with Crippen molar-refractivity contribution in [1.82, 2.24) is 0 Å². The maximum Gasteiger partial charge on any atom is 0.328 e. The molecule has 0 spiro atoms. The maximum atomic E-state index is 10.7. The number of hydrogen-bond acceptors (Lipinski definition) is 2. The summed E-state index contributed by atoms with van der Waals surface area (Å²) in [5.41, 5.74) is 2.12. The largest absolute Gasteiger partial charge is 0.478 e. The molecule has 3 nitrogen and oxygen atoms in total. The number of aliphatic carboxylic acids is 1. The zero-order valence-electron chi connectivity index (χ0n) is 11.5. The summed E-state index contributed by atoms with van der Waals surface area (Å²) in [6.07, 6.45) is 5.27. The van der Waals surface area contributed by atoms with Crippen LogP contribution in [0.3, 0.4) is 0 Å². The van der Waals surface area contributed by atoms with Gasteiger partial charge in [0, 0.05) is 24.4 Å². The topological polar surface area (TPSA) is 40.5 Å². The van der Waals surface area contributed by atoms with Crippen LogP contribution in [0.1, 0.15) is 32.3 Å². The first kappa shape index (κ1) is 13.7. The van der Waals surface area contributed by atoms with Crippen LogP contribution in [0.5, 0.6) is 0 Å². The maximum absolute atomic E-state index is 10.7. The molecule has 0 aromatic heterocycles. The van der Waals surface area contributed by atoms with Gasteiger partial charge in [0.25, 0.3) is 0 Å². The minimum absolute atomic E-state index is 0.503. The van der Waals surface area contributed by atoms with Crippen LogP contribution in [-0.4, -0.2) is 23.7 Å². The Kier molecular flexibility index (Phi) is 4.25. The number of rotatable bonds is 3. The molecule has 1 aromatic rings. The first-order valence-corrected chi connectivity index (χ1v) is 6.84. The molecule has 1 fully saturated rings. The molecule has 0 radical (unpaired) electrons. The summed E-state index contributed by atoms with van der Waals surface area (Å²) in [5, 5.41) is 8.76. The monoisotopic (exact) mass is 259 g/mol. The molecule has 1 aliphatic heterocycles. The van der Waals surface area contributed by atoms with Crippen LogP contribution in [0.4, 0.5) is 5.69 Å². The number of hydrogen-bond donors (Lipinski definition) is 1. The Morgan fingerprint density at radius 1 is 1.37 bits per heavy atom. The van der Waals surface area contributed by atoms with Crippen molar-refractivity contribution in [3.8, 4) is 0 Å². The van der Waals surface area contributed by atoms with Crippen molar-refractivity contribution in [3.05, 3.63) is 35.9 Å². The quantitative estimate of drug-likeness (QED) is 0.846. The van der Waals surface area contributed by atoms with E-state index in [1.165, 1.54) is 18.9 Å². The predicted octanol–water partition coefficient (Wildman–Crippen LogP) is 3.41. The van der Waals surface area contributed by atoms with Crippen LogP contribution in [-0.2, 0) is 4.79 Å². The third kappa shape index (κ3) is 3.37. The lowest BCUT2D eigenvalue weighted by Crippen LogP contribution is -2.40. The molecule has 1 saturated heterocycles. The van der Waals surface area contributed by atoms with Gasteiger partial charge in [-0.2, -0.15) is 0 Å². The van der Waals surface area contributed by atoms with E-state index in [-0.39, 0.29) is 0 Å². The Morgan fingerprint density at radius 2 is 2.11 bits per heavy atom. The molecule has 1 aromatic carbocycles. The molecule has 2 rings (SSSR count). The van der Waals surface area contributed by atoms with E-state index in [1.54, 1.807) is 6.08 Å². The summed E-state index contributed by atoms with van der Waals surface area (Å²) < 4.78 is 0. The molecule has 0 bridgehead atoms. The van der Waals surface area contributed by atoms with Gasteiger partial charge in [0.2, 0.25) is 0 Å². The second-order valence-electron chi connectivity index (χ2n) is 5.40. The minimum Gasteiger partial charge on any atom is -0.478 e. The fourth-order valence-electron chi connectivity index (χ4n) is 2.82. The van der Waals surface area contributed by atoms with E-state index >= 15 is 0 Å². The van der Waals surface area contributed by atoms with Crippen molar-refractivity contribution in [2.24, 2.45) is 5.92 Å². The van der Waals surface area contributed by atoms with Crippen molar-refractivity contribution in [2.45, 2.75) is 32.7 Å². The number of benzene rings is 1. The SMILES string of the molecule is CC1CCN(c2ccccc2/C=C/C(=O)O)C(C)C1. The predicted molar refractivity (Wildman–Crippen MR) is 78.3 cm³/mol. The van der Waals surface area contributed by atoms with Gasteiger partial charge < -0.3 is 10.0 Å². The van der Waals surface area contributed by atoms with Gasteiger partial charge in [0.05, 0.1) is 0 Å². The number of anilines is 1. The standard InChI is InChI=1S/C16H21NO2/c1-12-9-10-17(13(2)11-12)15-6-4-3-5-14(15)7-8-16(18)19/h3-8,12-13H,9-11H2,1-2H3,(H,18,19)/b8-7+. The Bertz CT molecular complexity index is 481. The highest BCUT2D eigenvalue weighted by atomic mass is 16.4. The molecule has 3 heteroatoms. The van der Waals surface area contributed by atoms with E-state index in [4.69, 9.17) is 5.11 Å². The van der Waals surface area contributed by atoms with E-state index in [0.29, 0.717) is 6.04 Å². The van der Waals surface area contributed by atoms with Crippen LogP contribution in [0.25, 0.3) is 6.08 Å². The number of carbonyl (C=O) groups is 1. The molecular formula is C16H21NO2. The second-order valence-corrected chi connectivity index (χ2v) is 5.40. The van der Waals surface area contributed by atoms with Crippen LogP contribution >= 0.6 is 0 Å². The molecule has 2 atom stereocenters. The van der Waals surface area contributed by atoms with Gasteiger partial charge in [-0.1, -0.05) is 25.1 Å². The zero-order valence-corrected chi connectivity index (χ0v) is 11.5. The molecule has 1 aliphatic rings. The molecule has 0 aliphatic carbocycles. The van der Waals surface area contributed by atoms with Crippen molar-refractivity contribution in [2.75, 3.05) is 11.4 Å². The van der Waals surface area contributed by atoms with Crippen LogP contribution in [0.2, 0.25) is 0 Å². The highest BCUT2D eigenvalue weighted by molar-refractivity contribution is 5.87. The number of nitrogens with zero attached hydrogens (tertiary/aromatic N) is 1. The van der Waals surface area contributed by atoms with Crippen molar-refractivity contribution in [3.63, 3.8) is 0 Å². The first-order chi connectivity index (χ1) is 9.08. The Balaban J connectivity index is 2.26. The lowest BCUT2D eigenvalue weighted by molar-refractivity contribution is -0.131. The minimum atomic E-state index is -0.907. The average Bonchev–Trinajstić information content (AvgIpc) is 2.37. The first-order valence-electron chi connectivity index (χ1n) is 6.84. The fourth-order valence-corrected chi connectivity index (χ4v) is 2.82. The van der Waals surface area contributed by atoms with Gasteiger partial charge in [-0.3, -0.25) is 0 Å². The summed E-state index contributed by atoms with van der Waals surface area (Å²) >= 11 is 0. The summed E-state index contributed by atoms with van der Waals surface area (Å²) in [6, 6.07) is 8.51. The van der Waals surface area contributed by atoms with Crippen molar-refractivity contribution < 1.29 is 9.90 Å². The van der Waals surface area contributed by atoms with Crippen LogP contribution < -0.4 is 4.90 Å². The van der Waals surface area contributed by atoms with E-state index in [2.05, 4.69) is 24.8 Å². The van der Waals surface area contributed by atoms with Gasteiger partial charge in [0.1, 0.15) is 0 Å². The van der Waals surface area contributed by atoms with Crippen molar-refractivity contribution in [1.29, 1.82) is 0 Å². The van der Waals surface area contributed by atoms with Gasteiger partial charge in [-0.05, 0) is 43.4 Å². The molecule has 1 N–H and O–H groups in total. The number of carboxylic acids is 1. The number of para-hydroxylation sites is 1. The average molecular weight is 259 g/mol. The Labute approximate surface area is 114 Å². The number of carboxylic acid groups (broad SMARTS) is 1. The Morgan fingerprint density at radius 3 is 2.79 bits per heavy atom. The van der Waals surface area contributed by atoms with Gasteiger partial charge in [-0.15, -0.1) is 0 Å². The lowest BCUT2D eigenvalue weighted by atomic mass is 9.92. The van der Waals surface area contributed by atoms with Crippen molar-refractivity contribution >= 4 is 17.7 Å². The van der Waals surface area contributed by atoms with Gasteiger partial charge in [-0.25, -0.2) is 4.79 Å². The summed E-state index contributed by atoms with van der Waals surface area (Å²) in [5.74, 6) is -0.136. The third-order valence-electron chi connectivity index (χ3n) is 3.79. The normalized spacial score (nSPS) is 23.8. The van der Waals surface area contributed by atoms with E-state index in [0.717, 1.165) is 23.7 Å². The molecule has 0 saturated carbocycles. The molecule has 2 unspecified atom stereocenters. The van der Waals surface area contributed by atoms with Crippen LogP contribution in [0.15, 0.2) is 30.3 Å². The second kappa shape index (κ2) is 5.91. The van der Waals surface area contributed by atoms with E-state index in [1.807, 2.05) is 18.2 Å². The zero-order chi connectivity index (χ0) is 13.8. The summed E-state index contributed by atoms with van der Waals surface area (Å²) in [4.78, 5) is 13.1. The van der Waals surface area contributed by atoms with E-state index in [9.17, 15) is 4.79 Å². The molecule has 102 valence electrons. The molecule has 19 heavy (non-hydrogen) atoms. The van der Waals surface area contributed by atoms with Crippen LogP contribution in [0, 0.1) is 5.92 Å². The highest BCUT2D eigenvalue weighted by Gasteiger charge is 2.23. The smallest absolute Gasteiger partial charge is 0.328 e. The molecular weight excluding hydrogens is 238 g/mol. The fraction of sp³-hybridized carbons (Fsp3) is 0.438. The van der Waals surface area contributed by atoms with Gasteiger partial charge >= 0.3 is 5.97 Å². The number of piperidine rings is 1. The van der Waals surface area contributed by atoms with E-state index < -0.39 is 5.97 Å². The summed E-state index contributed by atoms with van der Waals surface area (Å²) in [7, 11) is 0. The summed E-state index contributed by atoms with van der Waals surface area (Å²) in [6.45, 7) is 5.58. The highest BCUT2D eigenvalue weighted by Crippen LogP contribution is 2.30. The molecule has 0 amide bonds. The lowest BCUT2D eigenvalue weighted by Gasteiger charge is -2.39.